The van der Waals surface area contributed by atoms with Crippen LogP contribution in [-0.4, -0.2) is 51.9 Å². The highest BCUT2D eigenvalue weighted by atomic mass is 32.2. The molecule has 0 aliphatic carbocycles. The molecule has 0 aliphatic heterocycles. The number of sulfonamides is 1. The zero-order valence-corrected chi connectivity index (χ0v) is 17.7. The van der Waals surface area contributed by atoms with Crippen LogP contribution in [0.2, 0.25) is 0 Å². The number of aryl methyl sites for hydroxylation is 1. The van der Waals surface area contributed by atoms with Gasteiger partial charge in [0.05, 0.1) is 23.3 Å². The van der Waals surface area contributed by atoms with Crippen molar-refractivity contribution in [1.82, 2.24) is 4.31 Å². The first-order valence-corrected chi connectivity index (χ1v) is 10.2. The van der Waals surface area contributed by atoms with Crippen molar-refractivity contribution in [2.24, 2.45) is 0 Å². The summed E-state index contributed by atoms with van der Waals surface area (Å²) in [6.07, 6.45) is -1.11. The molecule has 2 aromatic carbocycles. The Kier molecular flexibility index (Phi) is 6.99. The Balaban J connectivity index is 2.18. The monoisotopic (exact) mass is 420 g/mol. The van der Waals surface area contributed by atoms with Gasteiger partial charge in [-0.3, -0.25) is 4.79 Å². The number of methoxy groups -OCH3 is 1. The number of hydrogen-bond donors (Lipinski definition) is 1. The van der Waals surface area contributed by atoms with E-state index in [0.29, 0.717) is 17.0 Å². The van der Waals surface area contributed by atoms with Crippen molar-refractivity contribution in [2.75, 3.05) is 26.5 Å². The molecule has 9 heteroatoms. The third kappa shape index (κ3) is 5.12. The highest BCUT2D eigenvalue weighted by molar-refractivity contribution is 7.89. The van der Waals surface area contributed by atoms with Crippen LogP contribution in [0.3, 0.4) is 0 Å². The molecule has 8 nitrogen and oxygen atoms in total. The molecule has 0 fully saturated rings. The Bertz CT molecular complexity index is 1020. The molecule has 1 atom stereocenters. The van der Waals surface area contributed by atoms with Gasteiger partial charge in [-0.05, 0) is 43.7 Å². The first-order chi connectivity index (χ1) is 13.6. The highest BCUT2D eigenvalue weighted by Gasteiger charge is 2.24. The molecule has 2 aromatic rings. The number of anilines is 1. The maximum absolute atomic E-state index is 12.6. The van der Waals surface area contributed by atoms with Crippen LogP contribution in [0.5, 0.6) is 5.75 Å². The van der Waals surface area contributed by atoms with Crippen LogP contribution in [0.4, 0.5) is 5.69 Å². The molecule has 0 heterocycles. The summed E-state index contributed by atoms with van der Waals surface area (Å²) in [5.74, 6) is -0.865. The van der Waals surface area contributed by atoms with Gasteiger partial charge in [0.25, 0.3) is 5.91 Å². The van der Waals surface area contributed by atoms with Crippen LogP contribution < -0.4 is 10.1 Å². The summed E-state index contributed by atoms with van der Waals surface area (Å²) in [6.45, 7) is 3.08. The van der Waals surface area contributed by atoms with Gasteiger partial charge < -0.3 is 14.8 Å². The summed E-state index contributed by atoms with van der Waals surface area (Å²) in [5, 5.41) is 2.64. The zero-order valence-electron chi connectivity index (χ0n) is 16.9. The van der Waals surface area contributed by atoms with Crippen molar-refractivity contribution in [3.05, 3.63) is 53.6 Å². The molecule has 0 unspecified atom stereocenters. The van der Waals surface area contributed by atoms with Gasteiger partial charge in [-0.1, -0.05) is 18.2 Å². The molecule has 1 N–H and O–H groups in total. The van der Waals surface area contributed by atoms with Gasteiger partial charge >= 0.3 is 5.97 Å². The largest absolute Gasteiger partial charge is 0.495 e. The number of benzene rings is 2. The van der Waals surface area contributed by atoms with E-state index in [4.69, 9.17) is 9.47 Å². The topological polar surface area (TPSA) is 102 Å². The normalized spacial score (nSPS) is 12.3. The molecular formula is C20H24N2O6S. The second-order valence-corrected chi connectivity index (χ2v) is 8.65. The maximum atomic E-state index is 12.6. The fourth-order valence-electron chi connectivity index (χ4n) is 2.45. The molecule has 2 rings (SSSR count). The number of ether oxygens (including phenoxy) is 2. The maximum Gasteiger partial charge on any atom is 0.339 e. The number of esters is 1. The van der Waals surface area contributed by atoms with Gasteiger partial charge in [-0.2, -0.15) is 0 Å². The lowest BCUT2D eigenvalue weighted by Gasteiger charge is -2.17. The van der Waals surface area contributed by atoms with Crippen molar-refractivity contribution in [1.29, 1.82) is 0 Å². The van der Waals surface area contributed by atoms with Gasteiger partial charge in [0.15, 0.2) is 6.10 Å². The highest BCUT2D eigenvalue weighted by Crippen LogP contribution is 2.24. The van der Waals surface area contributed by atoms with E-state index in [2.05, 4.69) is 5.32 Å². The Morgan fingerprint density at radius 2 is 1.76 bits per heavy atom. The smallest absolute Gasteiger partial charge is 0.339 e. The molecule has 29 heavy (non-hydrogen) atoms. The summed E-state index contributed by atoms with van der Waals surface area (Å²) in [7, 11) is 0.568. The standard InChI is InChI=1S/C20H24N2O6S/c1-13-10-11-15(29(25,26)22(3)4)12-16(13)20(24)28-14(2)19(23)21-17-8-6-7-9-18(17)27-5/h6-12,14H,1-5H3,(H,21,23)/t14-/m0/s1. The molecule has 0 saturated heterocycles. The SMILES string of the molecule is COc1ccccc1NC(=O)[C@H](C)OC(=O)c1cc(S(=O)(=O)N(C)C)ccc1C. The van der Waals surface area contributed by atoms with Crippen molar-refractivity contribution < 1.29 is 27.5 Å². The molecule has 0 aromatic heterocycles. The number of rotatable bonds is 7. The lowest BCUT2D eigenvalue weighted by molar-refractivity contribution is -0.123. The first-order valence-electron chi connectivity index (χ1n) is 8.76. The lowest BCUT2D eigenvalue weighted by atomic mass is 10.1. The van der Waals surface area contributed by atoms with Crippen LogP contribution in [0.25, 0.3) is 0 Å². The van der Waals surface area contributed by atoms with Crippen molar-refractivity contribution in [2.45, 2.75) is 24.8 Å². The van der Waals surface area contributed by atoms with Gasteiger partial charge in [0, 0.05) is 14.1 Å². The number of nitrogens with one attached hydrogen (secondary N) is 1. The van der Waals surface area contributed by atoms with Crippen molar-refractivity contribution in [3.8, 4) is 5.75 Å². The lowest BCUT2D eigenvalue weighted by Crippen LogP contribution is -2.30. The fraction of sp³-hybridized carbons (Fsp3) is 0.300. The molecule has 0 aliphatic rings. The fourth-order valence-corrected chi connectivity index (χ4v) is 3.38. The van der Waals surface area contributed by atoms with Crippen molar-refractivity contribution in [3.63, 3.8) is 0 Å². The molecule has 156 valence electrons. The summed E-state index contributed by atoms with van der Waals surface area (Å²) in [4.78, 5) is 24.9. The Morgan fingerprint density at radius 1 is 1.10 bits per heavy atom. The second-order valence-electron chi connectivity index (χ2n) is 6.50. The van der Waals surface area contributed by atoms with Gasteiger partial charge in [-0.25, -0.2) is 17.5 Å². The quantitative estimate of drug-likeness (QED) is 0.691. The molecule has 1 amide bonds. The van der Waals surface area contributed by atoms with Crippen LogP contribution in [0, 0.1) is 6.92 Å². The molecule has 0 radical (unpaired) electrons. The second kappa shape index (κ2) is 9.06. The third-order valence-corrected chi connectivity index (χ3v) is 6.04. The molecular weight excluding hydrogens is 396 g/mol. The minimum atomic E-state index is -3.71. The average Bonchev–Trinajstić information content (AvgIpc) is 2.68. The zero-order chi connectivity index (χ0) is 21.8. The average molecular weight is 420 g/mol. The predicted octanol–water partition coefficient (Wildman–Crippen LogP) is 2.44. The number of hydrogen-bond acceptors (Lipinski definition) is 6. The molecule has 0 saturated carbocycles. The van der Waals surface area contributed by atoms with E-state index in [-0.39, 0.29) is 10.5 Å². The van der Waals surface area contributed by atoms with Crippen LogP contribution in [0.1, 0.15) is 22.8 Å². The summed E-state index contributed by atoms with van der Waals surface area (Å²) in [5.41, 5.74) is 1.05. The Morgan fingerprint density at radius 3 is 2.38 bits per heavy atom. The van der Waals surface area contributed by atoms with E-state index in [1.807, 2.05) is 0 Å². The van der Waals surface area contributed by atoms with Gasteiger partial charge in [0.1, 0.15) is 5.75 Å². The Labute approximate surface area is 170 Å². The van der Waals surface area contributed by atoms with E-state index in [1.165, 1.54) is 46.3 Å². The molecule has 0 bridgehead atoms. The predicted molar refractivity (Wildman–Crippen MR) is 109 cm³/mol. The Hall–Kier alpha value is -2.91. The van der Waals surface area contributed by atoms with E-state index < -0.39 is 28.0 Å². The van der Waals surface area contributed by atoms with Gasteiger partial charge in [0.2, 0.25) is 10.0 Å². The number of nitrogens with zero attached hydrogens (tertiary/aromatic N) is 1. The minimum absolute atomic E-state index is 0.0359. The van der Waals surface area contributed by atoms with E-state index in [1.54, 1.807) is 31.2 Å². The summed E-state index contributed by atoms with van der Waals surface area (Å²) in [6, 6.07) is 11.0. The van der Waals surface area contributed by atoms with Crippen LogP contribution in [-0.2, 0) is 19.6 Å². The number of carbonyl (C=O) groups is 2. The van der Waals surface area contributed by atoms with E-state index in [9.17, 15) is 18.0 Å². The summed E-state index contributed by atoms with van der Waals surface area (Å²) < 4.78 is 36.1. The minimum Gasteiger partial charge on any atom is -0.495 e. The summed E-state index contributed by atoms with van der Waals surface area (Å²) >= 11 is 0. The van der Waals surface area contributed by atoms with Gasteiger partial charge in [-0.15, -0.1) is 0 Å². The van der Waals surface area contributed by atoms with E-state index in [0.717, 1.165) is 4.31 Å². The molecule has 0 spiro atoms. The van der Waals surface area contributed by atoms with Crippen LogP contribution in [0.15, 0.2) is 47.4 Å². The van der Waals surface area contributed by atoms with Crippen molar-refractivity contribution >= 4 is 27.6 Å². The third-order valence-electron chi connectivity index (χ3n) is 4.23. The number of carbonyl (C=O) groups excluding carboxylic acids is 2. The number of para-hydroxylation sites is 2. The van der Waals surface area contributed by atoms with Crippen LogP contribution >= 0.6 is 0 Å². The number of amides is 1. The first kappa shape index (κ1) is 22.4. The van der Waals surface area contributed by atoms with E-state index >= 15 is 0 Å².